The molecule has 1 rings (SSSR count). The van der Waals surface area contributed by atoms with Crippen LogP contribution in [0.15, 0.2) is 0 Å². The third-order valence-electron chi connectivity index (χ3n) is 2.30. The van der Waals surface area contributed by atoms with Gasteiger partial charge in [0.1, 0.15) is 6.61 Å². The first-order valence-corrected chi connectivity index (χ1v) is 4.85. The Morgan fingerprint density at radius 1 is 1.43 bits per heavy atom. The summed E-state index contributed by atoms with van der Waals surface area (Å²) in [6.45, 7) is 4.77. The van der Waals surface area contributed by atoms with E-state index in [4.69, 9.17) is 9.84 Å². The summed E-state index contributed by atoms with van der Waals surface area (Å²) in [5.41, 5.74) is 0. The maximum Gasteiger partial charge on any atom is 0.248 e. The van der Waals surface area contributed by atoms with Crippen LogP contribution in [0.4, 0.5) is 0 Å². The average molecular weight is 202 g/mol. The lowest BCUT2D eigenvalue weighted by Crippen LogP contribution is -2.48. The van der Waals surface area contributed by atoms with E-state index >= 15 is 0 Å². The topological polar surface area (TPSA) is 53.0 Å². The van der Waals surface area contributed by atoms with Gasteiger partial charge in [-0.3, -0.25) is 4.79 Å². The van der Waals surface area contributed by atoms with Gasteiger partial charge in [-0.25, -0.2) is 0 Å². The van der Waals surface area contributed by atoms with E-state index in [2.05, 4.69) is 4.90 Å². The molecule has 1 unspecified atom stereocenters. The number of aliphatic hydroxyl groups is 1. The van der Waals surface area contributed by atoms with E-state index in [-0.39, 0.29) is 12.5 Å². The molecule has 0 aromatic heterocycles. The van der Waals surface area contributed by atoms with Gasteiger partial charge in [-0.05, 0) is 14.0 Å². The molecule has 0 aliphatic carbocycles. The van der Waals surface area contributed by atoms with Gasteiger partial charge < -0.3 is 19.6 Å². The van der Waals surface area contributed by atoms with Crippen molar-refractivity contribution in [3.05, 3.63) is 0 Å². The molecule has 5 nitrogen and oxygen atoms in total. The number of piperazine rings is 1. The first kappa shape index (κ1) is 11.4. The van der Waals surface area contributed by atoms with Crippen molar-refractivity contribution in [2.75, 3.05) is 39.8 Å². The minimum absolute atomic E-state index is 0.0264. The number of hydrogen-bond donors (Lipinski definition) is 1. The Hall–Kier alpha value is -0.650. The molecular formula is C9H18N2O3. The summed E-state index contributed by atoms with van der Waals surface area (Å²) in [6.07, 6.45) is -0.869. The van der Waals surface area contributed by atoms with Crippen LogP contribution in [0, 0.1) is 0 Å². The molecule has 0 bridgehead atoms. The van der Waals surface area contributed by atoms with Crippen LogP contribution in [0.1, 0.15) is 6.92 Å². The number of rotatable bonds is 3. The van der Waals surface area contributed by atoms with Crippen molar-refractivity contribution < 1.29 is 14.6 Å². The number of carbonyl (C=O) groups excluding carboxylic acids is 1. The number of carbonyl (C=O) groups is 1. The molecule has 5 heteroatoms. The zero-order valence-electron chi connectivity index (χ0n) is 8.77. The van der Waals surface area contributed by atoms with Gasteiger partial charge in [0.25, 0.3) is 0 Å². The van der Waals surface area contributed by atoms with E-state index < -0.39 is 6.29 Å². The normalized spacial score (nSPS) is 20.9. The Labute approximate surface area is 84.2 Å². The molecule has 0 aromatic carbocycles. The number of amides is 1. The Kier molecular flexibility index (Phi) is 4.31. The summed E-state index contributed by atoms with van der Waals surface area (Å²) < 4.78 is 4.83. The third-order valence-corrected chi connectivity index (χ3v) is 2.30. The minimum atomic E-state index is -0.869. The smallest absolute Gasteiger partial charge is 0.248 e. The van der Waals surface area contributed by atoms with Gasteiger partial charge in [0.2, 0.25) is 5.91 Å². The summed E-state index contributed by atoms with van der Waals surface area (Å²) in [6, 6.07) is 0. The van der Waals surface area contributed by atoms with Gasteiger partial charge >= 0.3 is 0 Å². The lowest BCUT2D eigenvalue weighted by Gasteiger charge is -2.32. The molecule has 0 aromatic rings. The highest BCUT2D eigenvalue weighted by molar-refractivity contribution is 5.77. The fourth-order valence-electron chi connectivity index (χ4n) is 1.34. The van der Waals surface area contributed by atoms with Gasteiger partial charge in [-0.2, -0.15) is 0 Å². The maximum absolute atomic E-state index is 11.5. The predicted molar refractivity (Wildman–Crippen MR) is 51.7 cm³/mol. The van der Waals surface area contributed by atoms with Gasteiger partial charge in [0, 0.05) is 26.2 Å². The molecule has 1 N–H and O–H groups in total. The third kappa shape index (κ3) is 3.61. The van der Waals surface area contributed by atoms with Crippen molar-refractivity contribution in [2.24, 2.45) is 0 Å². The molecule has 1 amide bonds. The van der Waals surface area contributed by atoms with E-state index in [9.17, 15) is 4.79 Å². The second-order valence-electron chi connectivity index (χ2n) is 3.59. The first-order chi connectivity index (χ1) is 6.59. The second-order valence-corrected chi connectivity index (χ2v) is 3.59. The molecule has 14 heavy (non-hydrogen) atoms. The molecule has 1 fully saturated rings. The molecule has 0 radical (unpaired) electrons. The lowest BCUT2D eigenvalue weighted by atomic mass is 10.3. The van der Waals surface area contributed by atoms with Gasteiger partial charge in [0.15, 0.2) is 6.29 Å². The van der Waals surface area contributed by atoms with Crippen molar-refractivity contribution >= 4 is 5.91 Å². The van der Waals surface area contributed by atoms with E-state index in [0.717, 1.165) is 26.2 Å². The predicted octanol–water partition coefficient (Wildman–Crippen LogP) is -0.885. The largest absolute Gasteiger partial charge is 0.368 e. The van der Waals surface area contributed by atoms with Crippen molar-refractivity contribution in [1.82, 2.24) is 9.80 Å². The van der Waals surface area contributed by atoms with Crippen molar-refractivity contribution in [2.45, 2.75) is 13.2 Å². The Bertz CT molecular complexity index is 188. The van der Waals surface area contributed by atoms with Crippen LogP contribution >= 0.6 is 0 Å². The molecule has 1 atom stereocenters. The van der Waals surface area contributed by atoms with Crippen LogP contribution < -0.4 is 0 Å². The van der Waals surface area contributed by atoms with Crippen molar-refractivity contribution in [3.63, 3.8) is 0 Å². The quantitative estimate of drug-likeness (QED) is 0.604. The SMILES string of the molecule is CC(O)OCC(=O)N1CCN(C)CC1. The van der Waals surface area contributed by atoms with Gasteiger partial charge in [0.05, 0.1) is 0 Å². The maximum atomic E-state index is 11.5. The van der Waals surface area contributed by atoms with Crippen LogP contribution in [0.5, 0.6) is 0 Å². The number of aliphatic hydroxyl groups excluding tert-OH is 1. The molecular weight excluding hydrogens is 184 g/mol. The van der Waals surface area contributed by atoms with E-state index in [1.165, 1.54) is 6.92 Å². The number of hydrogen-bond acceptors (Lipinski definition) is 4. The minimum Gasteiger partial charge on any atom is -0.368 e. The Morgan fingerprint density at radius 3 is 2.50 bits per heavy atom. The molecule has 1 saturated heterocycles. The molecule has 0 saturated carbocycles. The standard InChI is InChI=1S/C9H18N2O3/c1-8(12)14-7-9(13)11-5-3-10(2)4-6-11/h8,12H,3-7H2,1-2H3. The van der Waals surface area contributed by atoms with Gasteiger partial charge in [-0.1, -0.05) is 0 Å². The van der Waals surface area contributed by atoms with E-state index in [0.29, 0.717) is 0 Å². The van der Waals surface area contributed by atoms with Crippen LogP contribution in [0.25, 0.3) is 0 Å². The highest BCUT2D eigenvalue weighted by Crippen LogP contribution is 2.00. The molecule has 0 spiro atoms. The fourth-order valence-corrected chi connectivity index (χ4v) is 1.34. The molecule has 1 aliphatic rings. The second kappa shape index (κ2) is 5.29. The zero-order chi connectivity index (χ0) is 10.6. The van der Waals surface area contributed by atoms with Crippen LogP contribution in [-0.2, 0) is 9.53 Å². The summed E-state index contributed by atoms with van der Waals surface area (Å²) in [5, 5.41) is 8.84. The van der Waals surface area contributed by atoms with E-state index in [1.54, 1.807) is 4.90 Å². The van der Waals surface area contributed by atoms with Crippen molar-refractivity contribution in [1.29, 1.82) is 0 Å². The average Bonchev–Trinajstić information content (AvgIpc) is 2.15. The number of nitrogens with zero attached hydrogens (tertiary/aromatic N) is 2. The molecule has 82 valence electrons. The van der Waals surface area contributed by atoms with Gasteiger partial charge in [-0.15, -0.1) is 0 Å². The highest BCUT2D eigenvalue weighted by Gasteiger charge is 2.19. The molecule has 1 aliphatic heterocycles. The first-order valence-electron chi connectivity index (χ1n) is 4.85. The summed E-state index contributed by atoms with van der Waals surface area (Å²) in [4.78, 5) is 15.4. The van der Waals surface area contributed by atoms with Crippen molar-refractivity contribution in [3.8, 4) is 0 Å². The van der Waals surface area contributed by atoms with Crippen LogP contribution in [0.2, 0.25) is 0 Å². The van der Waals surface area contributed by atoms with E-state index in [1.807, 2.05) is 7.05 Å². The summed E-state index contributed by atoms with van der Waals surface area (Å²) in [7, 11) is 2.04. The molecule has 1 heterocycles. The van der Waals surface area contributed by atoms with Crippen LogP contribution in [0.3, 0.4) is 0 Å². The Balaban J connectivity index is 2.24. The highest BCUT2D eigenvalue weighted by atomic mass is 16.6. The lowest BCUT2D eigenvalue weighted by molar-refractivity contribution is -0.149. The Morgan fingerprint density at radius 2 is 2.00 bits per heavy atom. The number of likely N-dealkylation sites (N-methyl/N-ethyl adjacent to an activating group) is 1. The fraction of sp³-hybridized carbons (Fsp3) is 0.889. The summed E-state index contributed by atoms with van der Waals surface area (Å²) >= 11 is 0. The number of ether oxygens (including phenoxy) is 1. The monoisotopic (exact) mass is 202 g/mol. The zero-order valence-corrected chi connectivity index (χ0v) is 8.77. The summed E-state index contributed by atoms with van der Waals surface area (Å²) in [5.74, 6) is -0.0426. The van der Waals surface area contributed by atoms with Crippen LogP contribution in [-0.4, -0.2) is 66.9 Å².